The molecule has 1 unspecified atom stereocenters. The number of hydrogen-bond acceptors (Lipinski definition) is 5. The highest BCUT2D eigenvalue weighted by Gasteiger charge is 2.34. The number of aromatic nitrogens is 1. The van der Waals surface area contributed by atoms with Crippen molar-refractivity contribution in [2.45, 2.75) is 29.7 Å². The number of rotatable bonds is 5. The Labute approximate surface area is 115 Å². The van der Waals surface area contributed by atoms with E-state index in [1.54, 1.807) is 0 Å². The zero-order chi connectivity index (χ0) is 15.5. The van der Waals surface area contributed by atoms with Gasteiger partial charge in [-0.25, -0.2) is 4.98 Å². The highest BCUT2D eigenvalue weighted by atomic mass is 32.2. The van der Waals surface area contributed by atoms with Gasteiger partial charge < -0.3 is 5.11 Å². The lowest BCUT2D eigenvalue weighted by atomic mass is 10.3. The summed E-state index contributed by atoms with van der Waals surface area (Å²) in [5.74, 6) is -1.14. The molecule has 1 rings (SSSR count). The number of carboxylic acid groups (broad SMARTS) is 1. The molecule has 0 saturated carbocycles. The van der Waals surface area contributed by atoms with Gasteiger partial charge in [0.15, 0.2) is 0 Å². The lowest BCUT2D eigenvalue weighted by Gasteiger charge is -2.11. The first-order valence-electron chi connectivity index (χ1n) is 5.21. The lowest BCUT2D eigenvalue weighted by Crippen LogP contribution is -2.10. The Balaban J connectivity index is 3.12. The molecule has 1 atom stereocenters. The van der Waals surface area contributed by atoms with Crippen LogP contribution < -0.4 is 0 Å². The second-order valence-corrected chi connectivity index (χ2v) is 5.30. The molecule has 0 aliphatic carbocycles. The molecule has 0 bridgehead atoms. The SMILES string of the molecule is CC(CC(=O)O)Sc1cc(C(F)(F)F)ncc1[N+](=O)[O-]. The minimum absolute atomic E-state index is 0.258. The van der Waals surface area contributed by atoms with Gasteiger partial charge in [0, 0.05) is 5.25 Å². The Kier molecular flexibility index (Phi) is 4.93. The van der Waals surface area contributed by atoms with Crippen LogP contribution in [0.4, 0.5) is 18.9 Å². The number of carbonyl (C=O) groups is 1. The summed E-state index contributed by atoms with van der Waals surface area (Å²) >= 11 is 0.695. The van der Waals surface area contributed by atoms with E-state index < -0.39 is 33.7 Å². The maximum atomic E-state index is 12.5. The first-order valence-corrected chi connectivity index (χ1v) is 6.09. The van der Waals surface area contributed by atoms with E-state index in [0.29, 0.717) is 24.0 Å². The Bertz CT molecular complexity index is 536. The standard InChI is InChI=1S/C10H9F3N2O4S/c1-5(2-9(16)17)20-7-3-8(10(11,12)13)14-4-6(7)15(18)19/h3-5H,2H2,1H3,(H,16,17). The highest BCUT2D eigenvalue weighted by Crippen LogP contribution is 2.37. The van der Waals surface area contributed by atoms with Crippen molar-refractivity contribution in [3.8, 4) is 0 Å². The first kappa shape index (κ1) is 16.2. The van der Waals surface area contributed by atoms with Crippen LogP contribution in [0.2, 0.25) is 0 Å². The van der Waals surface area contributed by atoms with E-state index in [1.807, 2.05) is 0 Å². The number of alkyl halides is 3. The number of pyridine rings is 1. The molecule has 0 radical (unpaired) electrons. The second-order valence-electron chi connectivity index (χ2n) is 3.82. The molecular weight excluding hydrogens is 301 g/mol. The third kappa shape index (κ3) is 4.37. The van der Waals surface area contributed by atoms with E-state index in [4.69, 9.17) is 5.11 Å². The van der Waals surface area contributed by atoms with Gasteiger partial charge in [0.1, 0.15) is 11.9 Å². The summed E-state index contributed by atoms with van der Waals surface area (Å²) in [5.41, 5.74) is -1.84. The summed E-state index contributed by atoms with van der Waals surface area (Å²) in [4.78, 5) is 23.1. The largest absolute Gasteiger partial charge is 0.481 e. The lowest BCUT2D eigenvalue weighted by molar-refractivity contribution is -0.388. The number of halogens is 3. The van der Waals surface area contributed by atoms with Gasteiger partial charge in [-0.05, 0) is 6.07 Å². The number of nitrogens with zero attached hydrogens (tertiary/aromatic N) is 2. The smallest absolute Gasteiger partial charge is 0.433 e. The molecule has 0 aliphatic rings. The van der Waals surface area contributed by atoms with Crippen LogP contribution in [-0.2, 0) is 11.0 Å². The van der Waals surface area contributed by atoms with Crippen LogP contribution in [0.5, 0.6) is 0 Å². The predicted molar refractivity (Wildman–Crippen MR) is 63.5 cm³/mol. The molecule has 20 heavy (non-hydrogen) atoms. The molecule has 0 amide bonds. The molecular formula is C10H9F3N2O4S. The monoisotopic (exact) mass is 310 g/mol. The van der Waals surface area contributed by atoms with Crippen molar-refractivity contribution in [3.63, 3.8) is 0 Å². The molecule has 0 fully saturated rings. The minimum Gasteiger partial charge on any atom is -0.481 e. The maximum absolute atomic E-state index is 12.5. The molecule has 10 heteroatoms. The average Bonchev–Trinajstić information content (AvgIpc) is 2.25. The maximum Gasteiger partial charge on any atom is 0.433 e. The highest BCUT2D eigenvalue weighted by molar-refractivity contribution is 8.00. The van der Waals surface area contributed by atoms with Crippen LogP contribution in [0.15, 0.2) is 17.2 Å². The van der Waals surface area contributed by atoms with Crippen molar-refractivity contribution in [3.05, 3.63) is 28.1 Å². The zero-order valence-corrected chi connectivity index (χ0v) is 10.9. The molecule has 1 N–H and O–H groups in total. The molecule has 1 aromatic rings. The second kappa shape index (κ2) is 6.07. The number of hydrogen-bond donors (Lipinski definition) is 1. The van der Waals surface area contributed by atoms with Gasteiger partial charge in [-0.2, -0.15) is 13.2 Å². The van der Waals surface area contributed by atoms with E-state index in [2.05, 4.69) is 4.98 Å². The van der Waals surface area contributed by atoms with Gasteiger partial charge in [0.25, 0.3) is 0 Å². The van der Waals surface area contributed by atoms with Crippen molar-refractivity contribution in [1.82, 2.24) is 4.98 Å². The first-order chi connectivity index (χ1) is 9.11. The van der Waals surface area contributed by atoms with E-state index in [0.717, 1.165) is 0 Å². The van der Waals surface area contributed by atoms with Crippen LogP contribution in [0.1, 0.15) is 19.0 Å². The molecule has 1 heterocycles. The van der Waals surface area contributed by atoms with Gasteiger partial charge in [-0.15, -0.1) is 11.8 Å². The Hall–Kier alpha value is -1.84. The number of carboxylic acids is 1. The number of thioether (sulfide) groups is 1. The summed E-state index contributed by atoms with van der Waals surface area (Å²) in [5, 5.41) is 18.7. The van der Waals surface area contributed by atoms with Gasteiger partial charge in [0.05, 0.1) is 16.2 Å². The van der Waals surface area contributed by atoms with E-state index in [-0.39, 0.29) is 11.3 Å². The third-order valence-electron chi connectivity index (χ3n) is 2.12. The number of aliphatic carboxylic acids is 1. The Morgan fingerprint density at radius 3 is 2.65 bits per heavy atom. The Morgan fingerprint density at radius 1 is 1.60 bits per heavy atom. The van der Waals surface area contributed by atoms with E-state index in [9.17, 15) is 28.1 Å². The zero-order valence-electron chi connectivity index (χ0n) is 10.0. The molecule has 0 aliphatic heterocycles. The third-order valence-corrected chi connectivity index (χ3v) is 3.27. The summed E-state index contributed by atoms with van der Waals surface area (Å²) in [6.07, 6.45) is -4.52. The van der Waals surface area contributed by atoms with Crippen LogP contribution in [0, 0.1) is 10.1 Å². The summed E-state index contributed by atoms with van der Waals surface area (Å²) in [6.45, 7) is 1.45. The van der Waals surface area contributed by atoms with Crippen LogP contribution >= 0.6 is 11.8 Å². The van der Waals surface area contributed by atoms with Gasteiger partial charge >= 0.3 is 17.8 Å². The van der Waals surface area contributed by atoms with Crippen LogP contribution in [0.3, 0.4) is 0 Å². The molecule has 0 saturated heterocycles. The van der Waals surface area contributed by atoms with Gasteiger partial charge in [-0.1, -0.05) is 6.92 Å². The molecule has 6 nitrogen and oxygen atoms in total. The summed E-state index contributed by atoms with van der Waals surface area (Å²) in [7, 11) is 0. The summed E-state index contributed by atoms with van der Waals surface area (Å²) < 4.78 is 37.5. The molecule has 0 aromatic carbocycles. The van der Waals surface area contributed by atoms with Crippen LogP contribution in [0.25, 0.3) is 0 Å². The van der Waals surface area contributed by atoms with Crippen LogP contribution in [-0.4, -0.2) is 26.2 Å². The average molecular weight is 310 g/mol. The van der Waals surface area contributed by atoms with Crippen molar-refractivity contribution in [2.75, 3.05) is 0 Å². The van der Waals surface area contributed by atoms with E-state index in [1.165, 1.54) is 6.92 Å². The normalized spacial score (nSPS) is 13.0. The summed E-state index contributed by atoms with van der Waals surface area (Å²) in [6, 6.07) is 0.557. The fraction of sp³-hybridized carbons (Fsp3) is 0.400. The molecule has 1 aromatic heterocycles. The number of nitro groups is 1. The minimum atomic E-state index is -4.72. The molecule has 0 spiro atoms. The van der Waals surface area contributed by atoms with Crippen molar-refractivity contribution in [2.24, 2.45) is 0 Å². The fourth-order valence-electron chi connectivity index (χ4n) is 1.32. The molecule has 110 valence electrons. The van der Waals surface area contributed by atoms with Gasteiger partial charge in [-0.3, -0.25) is 14.9 Å². The topological polar surface area (TPSA) is 93.3 Å². The quantitative estimate of drug-likeness (QED) is 0.510. The fourth-order valence-corrected chi connectivity index (χ4v) is 2.41. The van der Waals surface area contributed by atoms with Crippen molar-refractivity contribution >= 4 is 23.4 Å². The van der Waals surface area contributed by atoms with Crippen molar-refractivity contribution < 1.29 is 28.0 Å². The van der Waals surface area contributed by atoms with E-state index >= 15 is 0 Å². The Morgan fingerprint density at radius 2 is 2.20 bits per heavy atom. The van der Waals surface area contributed by atoms with Crippen molar-refractivity contribution in [1.29, 1.82) is 0 Å². The van der Waals surface area contributed by atoms with Gasteiger partial charge in [0.2, 0.25) is 0 Å². The predicted octanol–water partition coefficient (Wildman–Crippen LogP) is 2.96.